The van der Waals surface area contributed by atoms with Crippen molar-refractivity contribution in [3.05, 3.63) is 22.6 Å². The Morgan fingerprint density at radius 1 is 1.67 bits per heavy atom. The summed E-state index contributed by atoms with van der Waals surface area (Å²) in [7, 11) is 0. The summed E-state index contributed by atoms with van der Waals surface area (Å²) in [6.07, 6.45) is 2.28. The first-order chi connectivity index (χ1) is 7.13. The van der Waals surface area contributed by atoms with Crippen LogP contribution < -0.4 is 5.56 Å². The van der Waals surface area contributed by atoms with Crippen LogP contribution in [-0.2, 0) is 4.79 Å². The van der Waals surface area contributed by atoms with Gasteiger partial charge in [0.15, 0.2) is 5.16 Å². The Morgan fingerprint density at radius 2 is 2.40 bits per heavy atom. The van der Waals surface area contributed by atoms with E-state index < -0.39 is 0 Å². The topological polar surface area (TPSA) is 62.8 Å². The number of thioether (sulfide) groups is 1. The van der Waals surface area contributed by atoms with Crippen LogP contribution in [0.5, 0.6) is 0 Å². The zero-order valence-electron chi connectivity index (χ0n) is 8.82. The zero-order valence-corrected chi connectivity index (χ0v) is 9.63. The minimum absolute atomic E-state index is 0.0768. The lowest BCUT2D eigenvalue weighted by Crippen LogP contribution is -2.13. The van der Waals surface area contributed by atoms with Crippen molar-refractivity contribution in [1.29, 1.82) is 0 Å². The molecule has 0 bridgehead atoms. The molecule has 0 aliphatic heterocycles. The standard InChI is InChI=1S/C10H14N2O2S/c1-3-7(2)8(13)6-15-10-11-5-4-9(14)12-10/h4-5,7H,3,6H2,1-2H3,(H,11,12,14). The number of aromatic amines is 1. The summed E-state index contributed by atoms with van der Waals surface area (Å²) < 4.78 is 0. The molecule has 15 heavy (non-hydrogen) atoms. The lowest BCUT2D eigenvalue weighted by Gasteiger charge is -2.05. The Bertz CT molecular complexity index is 389. The van der Waals surface area contributed by atoms with Crippen LogP contribution >= 0.6 is 11.8 Å². The lowest BCUT2D eigenvalue weighted by atomic mass is 10.1. The molecule has 82 valence electrons. The van der Waals surface area contributed by atoms with E-state index in [1.807, 2.05) is 13.8 Å². The molecule has 5 heteroatoms. The predicted octanol–water partition coefficient (Wildman–Crippen LogP) is 1.48. The molecular formula is C10H14N2O2S. The van der Waals surface area contributed by atoms with Crippen molar-refractivity contribution in [3.8, 4) is 0 Å². The molecule has 1 rings (SSSR count). The molecule has 0 fully saturated rings. The van der Waals surface area contributed by atoms with E-state index in [4.69, 9.17) is 0 Å². The Hall–Kier alpha value is -1.10. The monoisotopic (exact) mass is 226 g/mol. The Morgan fingerprint density at radius 3 is 3.00 bits per heavy atom. The summed E-state index contributed by atoms with van der Waals surface area (Å²) in [4.78, 5) is 28.9. The molecule has 1 unspecified atom stereocenters. The van der Waals surface area contributed by atoms with Gasteiger partial charge in [0.2, 0.25) is 0 Å². The van der Waals surface area contributed by atoms with Crippen molar-refractivity contribution in [3.63, 3.8) is 0 Å². The van der Waals surface area contributed by atoms with Gasteiger partial charge < -0.3 is 4.98 Å². The highest BCUT2D eigenvalue weighted by atomic mass is 32.2. The fraction of sp³-hybridized carbons (Fsp3) is 0.500. The fourth-order valence-electron chi connectivity index (χ4n) is 0.935. The van der Waals surface area contributed by atoms with Gasteiger partial charge in [-0.2, -0.15) is 0 Å². The maximum Gasteiger partial charge on any atom is 0.251 e. The predicted molar refractivity (Wildman–Crippen MR) is 60.0 cm³/mol. The zero-order chi connectivity index (χ0) is 11.3. The normalized spacial score (nSPS) is 12.4. The number of hydrogen-bond acceptors (Lipinski definition) is 4. The van der Waals surface area contributed by atoms with E-state index in [-0.39, 0.29) is 17.3 Å². The first-order valence-electron chi connectivity index (χ1n) is 4.84. The molecule has 0 saturated heterocycles. The van der Waals surface area contributed by atoms with Crippen LogP contribution in [-0.4, -0.2) is 21.5 Å². The fourth-order valence-corrected chi connectivity index (χ4v) is 1.81. The average Bonchev–Trinajstić information content (AvgIpc) is 2.25. The van der Waals surface area contributed by atoms with Crippen LogP contribution in [0.25, 0.3) is 0 Å². The summed E-state index contributed by atoms with van der Waals surface area (Å²) in [6.45, 7) is 3.89. The van der Waals surface area contributed by atoms with Gasteiger partial charge in [-0.15, -0.1) is 0 Å². The van der Waals surface area contributed by atoms with E-state index in [0.29, 0.717) is 10.9 Å². The molecule has 4 nitrogen and oxygen atoms in total. The molecule has 0 aromatic carbocycles. The van der Waals surface area contributed by atoms with Crippen molar-refractivity contribution >= 4 is 17.5 Å². The van der Waals surface area contributed by atoms with Crippen LogP contribution in [0.3, 0.4) is 0 Å². The second-order valence-electron chi connectivity index (χ2n) is 3.30. The van der Waals surface area contributed by atoms with Crippen molar-refractivity contribution in [2.24, 2.45) is 5.92 Å². The van der Waals surface area contributed by atoms with Crippen LogP contribution in [0, 0.1) is 5.92 Å². The summed E-state index contributed by atoms with van der Waals surface area (Å²) in [5, 5.41) is 0.499. The van der Waals surface area contributed by atoms with Crippen molar-refractivity contribution in [2.45, 2.75) is 25.4 Å². The number of rotatable bonds is 5. The molecule has 1 heterocycles. The van der Waals surface area contributed by atoms with Gasteiger partial charge in [-0.05, 0) is 6.42 Å². The molecule has 0 spiro atoms. The molecule has 1 N–H and O–H groups in total. The summed E-state index contributed by atoms with van der Waals surface area (Å²) >= 11 is 1.27. The molecule has 1 aromatic rings. The van der Waals surface area contributed by atoms with Crippen molar-refractivity contribution in [2.75, 3.05) is 5.75 Å². The van der Waals surface area contributed by atoms with Gasteiger partial charge in [-0.1, -0.05) is 25.6 Å². The van der Waals surface area contributed by atoms with Gasteiger partial charge in [-0.3, -0.25) is 9.59 Å². The van der Waals surface area contributed by atoms with Crippen molar-refractivity contribution < 1.29 is 4.79 Å². The van der Waals surface area contributed by atoms with Crippen LogP contribution in [0.1, 0.15) is 20.3 Å². The highest BCUT2D eigenvalue weighted by Gasteiger charge is 2.11. The van der Waals surface area contributed by atoms with Gasteiger partial charge in [0, 0.05) is 18.2 Å². The smallest absolute Gasteiger partial charge is 0.251 e. The number of nitrogens with one attached hydrogen (secondary N) is 1. The molecule has 0 aliphatic carbocycles. The Kier molecular flexibility index (Phi) is 4.55. The van der Waals surface area contributed by atoms with Crippen molar-refractivity contribution in [1.82, 2.24) is 9.97 Å². The lowest BCUT2D eigenvalue weighted by molar-refractivity contribution is -0.119. The van der Waals surface area contributed by atoms with E-state index >= 15 is 0 Å². The Labute approximate surface area is 92.5 Å². The molecule has 0 radical (unpaired) electrons. The van der Waals surface area contributed by atoms with Crippen LogP contribution in [0.2, 0.25) is 0 Å². The largest absolute Gasteiger partial charge is 0.301 e. The minimum Gasteiger partial charge on any atom is -0.301 e. The van der Waals surface area contributed by atoms with Gasteiger partial charge in [0.05, 0.1) is 5.75 Å². The number of H-pyrrole nitrogens is 1. The van der Waals surface area contributed by atoms with E-state index in [0.717, 1.165) is 6.42 Å². The van der Waals surface area contributed by atoms with E-state index in [9.17, 15) is 9.59 Å². The van der Waals surface area contributed by atoms with Gasteiger partial charge in [0.1, 0.15) is 5.78 Å². The number of hydrogen-bond donors (Lipinski definition) is 1. The maximum absolute atomic E-state index is 11.5. The summed E-state index contributed by atoms with van der Waals surface area (Å²) in [5.74, 6) is 0.629. The third-order valence-corrected chi connectivity index (χ3v) is 3.07. The molecule has 0 amide bonds. The quantitative estimate of drug-likeness (QED) is 0.610. The SMILES string of the molecule is CCC(C)C(=O)CSc1nccc(=O)[nH]1. The molecule has 0 aliphatic rings. The second-order valence-corrected chi connectivity index (χ2v) is 4.27. The number of Topliss-reactive ketones (excluding diaryl/α,β-unsaturated/α-hetero) is 1. The van der Waals surface area contributed by atoms with Gasteiger partial charge in [0.25, 0.3) is 5.56 Å². The molecular weight excluding hydrogens is 212 g/mol. The third kappa shape index (κ3) is 3.87. The van der Waals surface area contributed by atoms with Crippen LogP contribution in [0.4, 0.5) is 0 Å². The highest BCUT2D eigenvalue weighted by Crippen LogP contribution is 2.13. The number of aromatic nitrogens is 2. The van der Waals surface area contributed by atoms with E-state index in [2.05, 4.69) is 9.97 Å². The van der Waals surface area contributed by atoms with E-state index in [1.165, 1.54) is 24.0 Å². The number of carbonyl (C=O) groups excluding carboxylic acids is 1. The first-order valence-corrected chi connectivity index (χ1v) is 5.83. The second kappa shape index (κ2) is 5.70. The highest BCUT2D eigenvalue weighted by molar-refractivity contribution is 7.99. The number of nitrogens with zero attached hydrogens (tertiary/aromatic N) is 1. The number of carbonyl (C=O) groups is 1. The Balaban J connectivity index is 2.50. The summed E-state index contributed by atoms with van der Waals surface area (Å²) in [6, 6.07) is 1.35. The average molecular weight is 226 g/mol. The number of ketones is 1. The van der Waals surface area contributed by atoms with E-state index in [1.54, 1.807) is 0 Å². The maximum atomic E-state index is 11.5. The first kappa shape index (κ1) is 12.0. The van der Waals surface area contributed by atoms with Gasteiger partial charge >= 0.3 is 0 Å². The minimum atomic E-state index is -0.191. The molecule has 0 saturated carbocycles. The van der Waals surface area contributed by atoms with Gasteiger partial charge in [-0.25, -0.2) is 4.98 Å². The summed E-state index contributed by atoms with van der Waals surface area (Å²) in [5.41, 5.74) is -0.191. The third-order valence-electron chi connectivity index (χ3n) is 2.16. The molecule has 1 atom stereocenters. The van der Waals surface area contributed by atoms with Crippen LogP contribution in [0.15, 0.2) is 22.2 Å². The molecule has 1 aromatic heterocycles.